The molecule has 4 rings (SSSR count). The highest BCUT2D eigenvalue weighted by Crippen LogP contribution is 2.33. The number of carbonyl (C=O) groups is 1. The molecule has 4 nitrogen and oxygen atoms in total. The fraction of sp³-hybridized carbons (Fsp3) is 0.259. The molecule has 6 heteroatoms. The van der Waals surface area contributed by atoms with Gasteiger partial charge in [-0.15, -0.1) is 0 Å². The SMILES string of the molecule is Cc1c(Cl)cccc1N=C1NC(=O)C(=Cc2cc(C)n(-c3ccc(C(C)(C)C)cc3)c2C)S1. The average molecular weight is 478 g/mol. The predicted octanol–water partition coefficient (Wildman–Crippen LogP) is 7.25. The van der Waals surface area contributed by atoms with Gasteiger partial charge < -0.3 is 9.88 Å². The number of aliphatic imine (C=N–C) groups is 1. The van der Waals surface area contributed by atoms with Crippen LogP contribution in [0.1, 0.15) is 48.8 Å². The second kappa shape index (κ2) is 8.88. The Labute approximate surface area is 204 Å². The fourth-order valence-electron chi connectivity index (χ4n) is 3.89. The summed E-state index contributed by atoms with van der Waals surface area (Å²) in [7, 11) is 0. The van der Waals surface area contributed by atoms with Gasteiger partial charge in [0, 0.05) is 22.1 Å². The first kappa shape index (κ1) is 23.4. The number of nitrogens with zero attached hydrogens (tertiary/aromatic N) is 2. The van der Waals surface area contributed by atoms with Crippen molar-refractivity contribution in [3.05, 3.63) is 86.5 Å². The molecule has 1 saturated heterocycles. The summed E-state index contributed by atoms with van der Waals surface area (Å²) in [4.78, 5) is 17.8. The molecular formula is C27H28ClN3OS. The van der Waals surface area contributed by atoms with Gasteiger partial charge in [0.1, 0.15) is 0 Å². The summed E-state index contributed by atoms with van der Waals surface area (Å²) in [5.41, 5.74) is 7.41. The van der Waals surface area contributed by atoms with Crippen molar-refractivity contribution in [2.45, 2.75) is 47.0 Å². The van der Waals surface area contributed by atoms with Crippen LogP contribution in [-0.4, -0.2) is 15.6 Å². The molecule has 1 aromatic heterocycles. The van der Waals surface area contributed by atoms with Crippen molar-refractivity contribution < 1.29 is 4.79 Å². The van der Waals surface area contributed by atoms with E-state index in [1.165, 1.54) is 17.3 Å². The van der Waals surface area contributed by atoms with E-state index in [1.807, 2.05) is 31.2 Å². The van der Waals surface area contributed by atoms with Gasteiger partial charge in [0.25, 0.3) is 5.91 Å². The molecule has 1 aliphatic heterocycles. The summed E-state index contributed by atoms with van der Waals surface area (Å²) in [5.74, 6) is -0.141. The van der Waals surface area contributed by atoms with Crippen LogP contribution in [0.5, 0.6) is 0 Å². The maximum atomic E-state index is 12.6. The van der Waals surface area contributed by atoms with Crippen LogP contribution in [0.25, 0.3) is 11.8 Å². The lowest BCUT2D eigenvalue weighted by Crippen LogP contribution is -2.19. The molecule has 3 aromatic rings. The Morgan fingerprint density at radius 2 is 1.76 bits per heavy atom. The third-order valence-corrected chi connectivity index (χ3v) is 7.18. The van der Waals surface area contributed by atoms with Crippen molar-refractivity contribution in [1.29, 1.82) is 0 Å². The predicted molar refractivity (Wildman–Crippen MR) is 141 cm³/mol. The van der Waals surface area contributed by atoms with Gasteiger partial charge in [-0.1, -0.05) is 50.6 Å². The van der Waals surface area contributed by atoms with E-state index in [4.69, 9.17) is 11.6 Å². The summed E-state index contributed by atoms with van der Waals surface area (Å²) >= 11 is 7.55. The average Bonchev–Trinajstić information content (AvgIpc) is 3.23. The fourth-order valence-corrected chi connectivity index (χ4v) is 4.89. The Bertz CT molecular complexity index is 1290. The molecule has 0 radical (unpaired) electrons. The first-order chi connectivity index (χ1) is 15.5. The van der Waals surface area contributed by atoms with Crippen LogP contribution in [0.15, 0.2) is 58.4 Å². The molecule has 0 atom stereocenters. The monoisotopic (exact) mass is 477 g/mol. The van der Waals surface area contributed by atoms with E-state index in [2.05, 4.69) is 79.8 Å². The number of halogens is 1. The number of thioether (sulfide) groups is 1. The Kier molecular flexibility index (Phi) is 6.30. The molecule has 2 aromatic carbocycles. The minimum Gasteiger partial charge on any atom is -0.318 e. The molecule has 0 spiro atoms. The number of rotatable bonds is 3. The number of nitrogens with one attached hydrogen (secondary N) is 1. The molecule has 0 bridgehead atoms. The van der Waals surface area contributed by atoms with Gasteiger partial charge >= 0.3 is 0 Å². The van der Waals surface area contributed by atoms with Crippen molar-refractivity contribution in [2.24, 2.45) is 4.99 Å². The normalized spacial score (nSPS) is 16.6. The van der Waals surface area contributed by atoms with E-state index < -0.39 is 0 Å². The van der Waals surface area contributed by atoms with Crippen LogP contribution in [0.4, 0.5) is 5.69 Å². The molecule has 1 N–H and O–H groups in total. The molecule has 0 saturated carbocycles. The van der Waals surface area contributed by atoms with Crippen molar-refractivity contribution in [2.75, 3.05) is 0 Å². The number of amidine groups is 1. The molecule has 170 valence electrons. The van der Waals surface area contributed by atoms with Gasteiger partial charge in [0.2, 0.25) is 0 Å². The summed E-state index contributed by atoms with van der Waals surface area (Å²) in [6.45, 7) is 12.7. The van der Waals surface area contributed by atoms with Crippen LogP contribution >= 0.6 is 23.4 Å². The van der Waals surface area contributed by atoms with Crippen molar-refractivity contribution >= 4 is 46.2 Å². The van der Waals surface area contributed by atoms with Gasteiger partial charge in [-0.3, -0.25) is 4.79 Å². The lowest BCUT2D eigenvalue weighted by Gasteiger charge is -2.20. The standard InChI is InChI=1S/C27H28ClN3OS/c1-16-14-19(18(3)31(16)21-12-10-20(11-13-21)27(4,5)6)15-24-25(32)30-26(33-24)29-23-9-7-8-22(28)17(23)2/h7-15H,1-6H3,(H,29,30,32). The summed E-state index contributed by atoms with van der Waals surface area (Å²) in [5, 5.41) is 4.08. The van der Waals surface area contributed by atoms with E-state index in [0.717, 1.165) is 33.9 Å². The number of amides is 1. The van der Waals surface area contributed by atoms with E-state index >= 15 is 0 Å². The zero-order chi connectivity index (χ0) is 23.9. The topological polar surface area (TPSA) is 46.4 Å². The Morgan fingerprint density at radius 1 is 1.06 bits per heavy atom. The van der Waals surface area contributed by atoms with E-state index in [9.17, 15) is 4.79 Å². The minimum absolute atomic E-state index is 0.116. The summed E-state index contributed by atoms with van der Waals surface area (Å²) in [6, 6.07) is 16.4. The molecule has 0 aliphatic carbocycles. The maximum absolute atomic E-state index is 12.6. The van der Waals surface area contributed by atoms with Crippen LogP contribution in [0.2, 0.25) is 5.02 Å². The van der Waals surface area contributed by atoms with Gasteiger partial charge in [-0.2, -0.15) is 0 Å². The first-order valence-electron chi connectivity index (χ1n) is 10.9. The largest absolute Gasteiger partial charge is 0.318 e. The highest BCUT2D eigenvalue weighted by atomic mass is 35.5. The van der Waals surface area contributed by atoms with Crippen molar-refractivity contribution in [1.82, 2.24) is 9.88 Å². The highest BCUT2D eigenvalue weighted by molar-refractivity contribution is 8.18. The van der Waals surface area contributed by atoms with Gasteiger partial charge in [-0.25, -0.2) is 4.99 Å². The lowest BCUT2D eigenvalue weighted by atomic mass is 9.87. The van der Waals surface area contributed by atoms with E-state index in [-0.39, 0.29) is 11.3 Å². The lowest BCUT2D eigenvalue weighted by molar-refractivity contribution is -0.115. The number of hydrogen-bond acceptors (Lipinski definition) is 3. The molecule has 1 fully saturated rings. The number of hydrogen-bond donors (Lipinski definition) is 1. The number of aryl methyl sites for hydroxylation is 1. The van der Waals surface area contributed by atoms with Gasteiger partial charge in [-0.05, 0) is 91.0 Å². The number of aromatic nitrogens is 1. The van der Waals surface area contributed by atoms with Gasteiger partial charge in [0.15, 0.2) is 5.17 Å². The molecule has 0 unspecified atom stereocenters. The van der Waals surface area contributed by atoms with Crippen LogP contribution in [0.3, 0.4) is 0 Å². The molecule has 2 heterocycles. The Hall–Kier alpha value is -2.76. The molecule has 33 heavy (non-hydrogen) atoms. The smallest absolute Gasteiger partial charge is 0.264 e. The van der Waals surface area contributed by atoms with Crippen LogP contribution < -0.4 is 5.32 Å². The second-order valence-electron chi connectivity index (χ2n) is 9.32. The summed E-state index contributed by atoms with van der Waals surface area (Å²) in [6.07, 6.45) is 1.94. The van der Waals surface area contributed by atoms with Crippen LogP contribution in [0, 0.1) is 20.8 Å². The van der Waals surface area contributed by atoms with Gasteiger partial charge in [0.05, 0.1) is 10.6 Å². The zero-order valence-electron chi connectivity index (χ0n) is 19.8. The summed E-state index contributed by atoms with van der Waals surface area (Å²) < 4.78 is 2.22. The minimum atomic E-state index is -0.141. The number of carbonyl (C=O) groups excluding carboxylic acids is 1. The highest BCUT2D eigenvalue weighted by Gasteiger charge is 2.25. The van der Waals surface area contributed by atoms with Crippen LogP contribution in [-0.2, 0) is 10.2 Å². The van der Waals surface area contributed by atoms with Crippen molar-refractivity contribution in [3.63, 3.8) is 0 Å². The Morgan fingerprint density at radius 3 is 2.42 bits per heavy atom. The molecular weight excluding hydrogens is 450 g/mol. The third-order valence-electron chi connectivity index (χ3n) is 5.86. The third kappa shape index (κ3) is 4.80. The second-order valence-corrected chi connectivity index (χ2v) is 10.8. The van der Waals surface area contributed by atoms with Crippen molar-refractivity contribution in [3.8, 4) is 5.69 Å². The quantitative estimate of drug-likeness (QED) is 0.404. The van der Waals surface area contributed by atoms with E-state index in [0.29, 0.717) is 15.1 Å². The first-order valence-corrected chi connectivity index (χ1v) is 12.1. The maximum Gasteiger partial charge on any atom is 0.264 e. The zero-order valence-corrected chi connectivity index (χ0v) is 21.4. The Balaban J connectivity index is 1.63. The molecule has 1 aliphatic rings. The molecule has 1 amide bonds. The van der Waals surface area contributed by atoms with E-state index in [1.54, 1.807) is 0 Å². The number of benzene rings is 2.